The third kappa shape index (κ3) is 4.69. The first-order valence-electron chi connectivity index (χ1n) is 11.1. The molecule has 1 fully saturated rings. The second kappa shape index (κ2) is 9.23. The lowest BCUT2D eigenvalue weighted by Crippen LogP contribution is -2.38. The average molecular weight is 523 g/mol. The molecule has 1 saturated heterocycles. The summed E-state index contributed by atoms with van der Waals surface area (Å²) in [6.45, 7) is 5.17. The summed E-state index contributed by atoms with van der Waals surface area (Å²) >= 11 is 0. The number of carbonyl (C=O) groups is 1. The quantitative estimate of drug-likeness (QED) is 0.471. The monoisotopic (exact) mass is 522 g/mol. The van der Waals surface area contributed by atoms with Gasteiger partial charge in [0, 0.05) is 24.0 Å². The Morgan fingerprint density at radius 3 is 2.31 bits per heavy atom. The van der Waals surface area contributed by atoms with Gasteiger partial charge in [0.2, 0.25) is 0 Å². The summed E-state index contributed by atoms with van der Waals surface area (Å²) in [6.07, 6.45) is -5.09. The minimum absolute atomic E-state index is 0.220. The predicted molar refractivity (Wildman–Crippen MR) is 126 cm³/mol. The molecule has 1 aromatic carbocycles. The number of nitrogens with zero attached hydrogens (tertiary/aromatic N) is 4. The van der Waals surface area contributed by atoms with Crippen LogP contribution in [0.5, 0.6) is 0 Å². The average Bonchev–Trinajstić information content (AvgIpc) is 3.41. The molecule has 3 aromatic rings. The van der Waals surface area contributed by atoms with Gasteiger partial charge >= 0.3 is 12.1 Å². The summed E-state index contributed by atoms with van der Waals surface area (Å²) < 4.78 is 74.3. The Hall–Kier alpha value is -3.41. The number of aromatic nitrogens is 3. The number of ether oxygens (including phenoxy) is 1. The maximum Gasteiger partial charge on any atom is 0.417 e. The zero-order valence-electron chi connectivity index (χ0n) is 20.1. The van der Waals surface area contributed by atoms with Gasteiger partial charge in [-0.2, -0.15) is 18.3 Å². The molecule has 0 N–H and O–H groups in total. The van der Waals surface area contributed by atoms with Crippen LogP contribution in [0.1, 0.15) is 29.1 Å². The molecule has 2 aromatic heterocycles. The van der Waals surface area contributed by atoms with Crippen molar-refractivity contribution in [1.29, 1.82) is 0 Å². The lowest BCUT2D eigenvalue weighted by atomic mass is 10.2. The fraction of sp³-hybridized carbons (Fsp3) is 0.375. The van der Waals surface area contributed by atoms with Gasteiger partial charge in [0.25, 0.3) is 0 Å². The maximum absolute atomic E-state index is 13.6. The van der Waals surface area contributed by atoms with Gasteiger partial charge in [0.1, 0.15) is 11.9 Å². The molecule has 2 atom stereocenters. The molecule has 0 spiro atoms. The Morgan fingerprint density at radius 2 is 1.69 bits per heavy atom. The van der Waals surface area contributed by atoms with E-state index in [4.69, 9.17) is 4.74 Å². The highest BCUT2D eigenvalue weighted by Crippen LogP contribution is 2.39. The normalized spacial score (nSPS) is 18.5. The number of rotatable bonds is 5. The number of pyridine rings is 1. The molecule has 0 aliphatic carbocycles. The zero-order chi connectivity index (χ0) is 26.4. The van der Waals surface area contributed by atoms with Gasteiger partial charge in [-0.1, -0.05) is 12.1 Å². The Kier molecular flexibility index (Phi) is 6.58. The summed E-state index contributed by atoms with van der Waals surface area (Å²) in [7, 11) is -3.28. The lowest BCUT2D eigenvalue weighted by molar-refractivity contribution is -0.142. The zero-order valence-corrected chi connectivity index (χ0v) is 20.9. The fourth-order valence-corrected chi connectivity index (χ4v) is 6.49. The van der Waals surface area contributed by atoms with Crippen LogP contribution in [0.4, 0.5) is 19.0 Å². The van der Waals surface area contributed by atoms with Crippen LogP contribution in [0, 0.1) is 20.8 Å². The Bertz CT molecular complexity index is 1400. The van der Waals surface area contributed by atoms with Crippen molar-refractivity contribution in [2.24, 2.45) is 0 Å². The lowest BCUT2D eigenvalue weighted by Gasteiger charge is -2.25. The molecule has 0 saturated carbocycles. The first kappa shape index (κ1) is 25.7. The number of esters is 1. The molecule has 8 nitrogen and oxygen atoms in total. The van der Waals surface area contributed by atoms with Crippen LogP contribution in [0.3, 0.4) is 0 Å². The number of methoxy groups -OCH3 is 1. The smallest absolute Gasteiger partial charge is 0.417 e. The molecule has 0 amide bonds. The van der Waals surface area contributed by atoms with Crippen LogP contribution in [0.15, 0.2) is 47.4 Å². The molecule has 12 heteroatoms. The molecule has 3 heterocycles. The van der Waals surface area contributed by atoms with Crippen molar-refractivity contribution in [3.63, 3.8) is 0 Å². The van der Waals surface area contributed by atoms with E-state index in [2.05, 4.69) is 10.1 Å². The minimum atomic E-state index is -4.85. The van der Waals surface area contributed by atoms with E-state index in [1.807, 2.05) is 13.8 Å². The summed E-state index contributed by atoms with van der Waals surface area (Å²) in [5.74, 6) is -0.265. The minimum Gasteiger partial charge on any atom is -0.467 e. The van der Waals surface area contributed by atoms with E-state index in [9.17, 15) is 26.4 Å². The summed E-state index contributed by atoms with van der Waals surface area (Å²) in [4.78, 5) is 17.8. The Balaban J connectivity index is 1.80. The SMILES string of the molecule is COC(=O)C1C[C@@H](S(=O)(=O)c2ccccc2C(F)(F)F)CN1c1cc(C)nn1-c1cc(C)nc(C)c1. The highest BCUT2D eigenvalue weighted by atomic mass is 32.2. The van der Waals surface area contributed by atoms with E-state index < -0.39 is 43.7 Å². The van der Waals surface area contributed by atoms with Gasteiger partial charge in [-0.25, -0.2) is 17.9 Å². The molecule has 1 aliphatic rings. The van der Waals surface area contributed by atoms with Gasteiger partial charge in [-0.3, -0.25) is 4.98 Å². The fourth-order valence-electron chi connectivity index (χ4n) is 4.58. The van der Waals surface area contributed by atoms with E-state index in [-0.39, 0.29) is 13.0 Å². The maximum atomic E-state index is 13.6. The van der Waals surface area contributed by atoms with Crippen LogP contribution in [-0.2, 0) is 25.5 Å². The number of carbonyl (C=O) groups excluding carboxylic acids is 1. The van der Waals surface area contributed by atoms with Gasteiger partial charge < -0.3 is 9.64 Å². The number of benzene rings is 1. The molecule has 0 bridgehead atoms. The Labute approximate surface area is 206 Å². The Morgan fingerprint density at radius 1 is 1.06 bits per heavy atom. The number of aryl methyl sites for hydroxylation is 3. The first-order valence-corrected chi connectivity index (χ1v) is 12.6. The molecule has 192 valence electrons. The standard InChI is InChI=1S/C24H25F3N4O4S/c1-14-9-17(10-15(2)28-14)31-22(11-16(3)29-31)30-13-18(12-20(30)23(32)35-4)36(33,34)21-8-6-5-7-19(21)24(25,26)27/h5-11,18,20H,12-13H2,1-4H3/t18-,20?/m1/s1. The third-order valence-electron chi connectivity index (χ3n) is 6.09. The number of halogens is 3. The van der Waals surface area contributed by atoms with Crippen molar-refractivity contribution in [3.8, 4) is 5.69 Å². The first-order chi connectivity index (χ1) is 16.8. The molecular weight excluding hydrogens is 497 g/mol. The summed E-state index contributed by atoms with van der Waals surface area (Å²) in [5.41, 5.74) is 1.50. The van der Waals surface area contributed by atoms with Crippen molar-refractivity contribution >= 4 is 21.6 Å². The highest BCUT2D eigenvalue weighted by Gasteiger charge is 2.47. The molecule has 0 radical (unpaired) electrons. The van der Waals surface area contributed by atoms with Gasteiger partial charge in [0.05, 0.1) is 34.2 Å². The number of hydrogen-bond donors (Lipinski definition) is 0. The van der Waals surface area contributed by atoms with E-state index in [0.717, 1.165) is 29.6 Å². The highest BCUT2D eigenvalue weighted by molar-refractivity contribution is 7.92. The van der Waals surface area contributed by atoms with E-state index in [0.29, 0.717) is 17.2 Å². The number of anilines is 1. The largest absolute Gasteiger partial charge is 0.467 e. The molecule has 1 aliphatic heterocycles. The predicted octanol–water partition coefficient (Wildman–Crippen LogP) is 3.81. The molecule has 36 heavy (non-hydrogen) atoms. The van der Waals surface area contributed by atoms with Crippen molar-refractivity contribution in [2.45, 2.75) is 49.6 Å². The van der Waals surface area contributed by atoms with E-state index in [1.165, 1.54) is 18.1 Å². The topological polar surface area (TPSA) is 94.4 Å². The molecule has 4 rings (SSSR count). The number of alkyl halides is 3. The molecule has 1 unspecified atom stereocenters. The number of hydrogen-bond acceptors (Lipinski definition) is 7. The van der Waals surface area contributed by atoms with E-state index >= 15 is 0 Å². The molecular formula is C24H25F3N4O4S. The third-order valence-corrected chi connectivity index (χ3v) is 8.28. The van der Waals surface area contributed by atoms with Crippen molar-refractivity contribution in [1.82, 2.24) is 14.8 Å². The van der Waals surface area contributed by atoms with Crippen LogP contribution in [0.25, 0.3) is 5.69 Å². The van der Waals surface area contributed by atoms with Crippen molar-refractivity contribution < 1.29 is 31.1 Å². The second-order valence-electron chi connectivity index (χ2n) is 8.75. The van der Waals surface area contributed by atoms with E-state index in [1.54, 1.807) is 29.8 Å². The van der Waals surface area contributed by atoms with Crippen LogP contribution < -0.4 is 4.90 Å². The van der Waals surface area contributed by atoms with Crippen LogP contribution >= 0.6 is 0 Å². The van der Waals surface area contributed by atoms with Crippen LogP contribution in [-0.4, -0.2) is 54.1 Å². The summed E-state index contributed by atoms with van der Waals surface area (Å²) in [6, 6.07) is 8.32. The summed E-state index contributed by atoms with van der Waals surface area (Å²) in [5, 5.41) is 3.23. The number of sulfone groups is 1. The van der Waals surface area contributed by atoms with Gasteiger partial charge in [-0.15, -0.1) is 0 Å². The van der Waals surface area contributed by atoms with Crippen LogP contribution in [0.2, 0.25) is 0 Å². The van der Waals surface area contributed by atoms with Gasteiger partial charge in [-0.05, 0) is 51.5 Å². The second-order valence-corrected chi connectivity index (χ2v) is 10.9. The van der Waals surface area contributed by atoms with Crippen molar-refractivity contribution in [2.75, 3.05) is 18.6 Å². The van der Waals surface area contributed by atoms with Gasteiger partial charge in [0.15, 0.2) is 9.84 Å². The van der Waals surface area contributed by atoms with Crippen molar-refractivity contribution in [3.05, 3.63) is 65.1 Å².